The number of benzene rings is 1. The third-order valence-electron chi connectivity index (χ3n) is 3.01. The Morgan fingerprint density at radius 1 is 1.38 bits per heavy atom. The van der Waals surface area contributed by atoms with Gasteiger partial charge in [0.25, 0.3) is 0 Å². The maximum absolute atomic E-state index is 5.16. The fourth-order valence-electron chi connectivity index (χ4n) is 1.87. The Kier molecular flexibility index (Phi) is 1.98. The molecule has 0 amide bonds. The molecule has 0 radical (unpaired) electrons. The van der Waals surface area contributed by atoms with Crippen LogP contribution in [0.2, 0.25) is 0 Å². The van der Waals surface area contributed by atoms with Crippen molar-refractivity contribution in [3.63, 3.8) is 0 Å². The van der Waals surface area contributed by atoms with Crippen molar-refractivity contribution in [2.75, 3.05) is 13.1 Å². The summed E-state index contributed by atoms with van der Waals surface area (Å²) in [7, 11) is 0. The molecule has 0 aromatic heterocycles. The molecule has 1 N–H and O–H groups in total. The fourth-order valence-corrected chi connectivity index (χ4v) is 1.87. The van der Waals surface area contributed by atoms with E-state index < -0.39 is 0 Å². The Hall–Kier alpha value is -1.79. The summed E-state index contributed by atoms with van der Waals surface area (Å²) in [5.74, 6) is 2.48. The number of nitrogens with zero attached hydrogens (tertiary/aromatic N) is 1. The van der Waals surface area contributed by atoms with Gasteiger partial charge in [-0.05, 0) is 17.2 Å². The predicted octanol–water partition coefficient (Wildman–Crippen LogP) is 1.40. The van der Waals surface area contributed by atoms with Gasteiger partial charge in [-0.3, -0.25) is 0 Å². The predicted molar refractivity (Wildman–Crippen MR) is 63.0 cm³/mol. The van der Waals surface area contributed by atoms with Gasteiger partial charge in [0, 0.05) is 19.5 Å². The Morgan fingerprint density at radius 2 is 2.12 bits per heavy atom. The van der Waals surface area contributed by atoms with Gasteiger partial charge < -0.3 is 10.2 Å². The standard InChI is InChI=1S/C7H8N2O.C6H4/c1-2-6-3-7(10-9-6)4-8-5-7;1-2-5-4-6(5)3-1/h1,8H,3-5H2;1-4H. The zero-order valence-corrected chi connectivity index (χ0v) is 8.86. The Bertz CT molecular complexity index is 478. The van der Waals surface area contributed by atoms with Crippen molar-refractivity contribution < 1.29 is 4.84 Å². The summed E-state index contributed by atoms with van der Waals surface area (Å²) in [5, 5.41) is 6.89. The van der Waals surface area contributed by atoms with E-state index >= 15 is 0 Å². The number of fused-ring (bicyclic) bond motifs is 1. The molecule has 1 saturated heterocycles. The van der Waals surface area contributed by atoms with Gasteiger partial charge in [-0.25, -0.2) is 0 Å². The van der Waals surface area contributed by atoms with Gasteiger partial charge in [0.1, 0.15) is 5.71 Å². The molecule has 3 heteroatoms. The number of terminal acetylenes is 1. The summed E-state index contributed by atoms with van der Waals surface area (Å²) in [6.07, 6.45) is 5.95. The van der Waals surface area contributed by atoms with Gasteiger partial charge in [0.05, 0.1) is 0 Å². The van der Waals surface area contributed by atoms with Crippen molar-refractivity contribution in [1.29, 1.82) is 0 Å². The van der Waals surface area contributed by atoms with E-state index in [1.54, 1.807) is 0 Å². The fraction of sp³-hybridized carbons (Fsp3) is 0.308. The van der Waals surface area contributed by atoms with Gasteiger partial charge in [-0.1, -0.05) is 29.3 Å². The van der Waals surface area contributed by atoms with Gasteiger partial charge in [0.15, 0.2) is 5.60 Å². The molecule has 16 heavy (non-hydrogen) atoms. The second-order valence-electron chi connectivity index (χ2n) is 4.32. The summed E-state index contributed by atoms with van der Waals surface area (Å²) in [6, 6.07) is 8.48. The molecular weight excluding hydrogens is 200 g/mol. The largest absolute Gasteiger partial charge is 0.385 e. The van der Waals surface area contributed by atoms with Crippen LogP contribution in [0.5, 0.6) is 0 Å². The third kappa shape index (κ3) is 1.58. The smallest absolute Gasteiger partial charge is 0.168 e. The van der Waals surface area contributed by atoms with E-state index in [1.807, 2.05) is 0 Å². The zero-order valence-electron chi connectivity index (χ0n) is 8.86. The van der Waals surface area contributed by atoms with Crippen LogP contribution in [0, 0.1) is 12.3 Å². The van der Waals surface area contributed by atoms with E-state index in [2.05, 4.69) is 40.7 Å². The number of oxime groups is 1. The molecule has 2 aliphatic heterocycles. The van der Waals surface area contributed by atoms with Gasteiger partial charge in [-0.15, -0.1) is 6.42 Å². The monoisotopic (exact) mass is 212 g/mol. The van der Waals surface area contributed by atoms with E-state index in [9.17, 15) is 0 Å². The molecule has 80 valence electrons. The minimum absolute atomic E-state index is 0.0678. The number of rotatable bonds is 0. The molecule has 2 heterocycles. The molecule has 1 spiro atoms. The van der Waals surface area contributed by atoms with Crippen LogP contribution in [0.15, 0.2) is 29.4 Å². The molecule has 0 bridgehead atoms. The molecule has 2 aliphatic carbocycles. The summed E-state index contributed by atoms with van der Waals surface area (Å²) in [4.78, 5) is 5.16. The maximum atomic E-state index is 5.16. The Balaban J connectivity index is 0.000000114. The van der Waals surface area contributed by atoms with Gasteiger partial charge >= 0.3 is 0 Å². The lowest BCUT2D eigenvalue weighted by molar-refractivity contribution is -0.0559. The van der Waals surface area contributed by atoms with Crippen molar-refractivity contribution in [3.05, 3.63) is 24.3 Å². The first-order chi connectivity index (χ1) is 7.81. The second kappa shape index (κ2) is 3.36. The highest BCUT2D eigenvalue weighted by atomic mass is 16.7. The molecule has 4 rings (SSSR count). The molecule has 0 saturated carbocycles. The Morgan fingerprint density at radius 3 is 2.38 bits per heavy atom. The van der Waals surface area contributed by atoms with Crippen LogP contribution in [-0.2, 0) is 4.84 Å². The highest BCUT2D eigenvalue weighted by molar-refractivity contribution is 6.01. The van der Waals surface area contributed by atoms with Crippen LogP contribution in [0.4, 0.5) is 0 Å². The second-order valence-corrected chi connectivity index (χ2v) is 4.32. The molecule has 0 aromatic carbocycles. The summed E-state index contributed by atoms with van der Waals surface area (Å²) in [5.41, 5.74) is 3.52. The molecule has 4 aliphatic rings. The van der Waals surface area contributed by atoms with Crippen LogP contribution >= 0.6 is 0 Å². The van der Waals surface area contributed by atoms with Crippen LogP contribution in [0.25, 0.3) is 11.1 Å². The number of hydrogen-bond donors (Lipinski definition) is 1. The summed E-state index contributed by atoms with van der Waals surface area (Å²) in [6.45, 7) is 1.75. The van der Waals surface area contributed by atoms with E-state index in [0.717, 1.165) is 25.2 Å². The van der Waals surface area contributed by atoms with Crippen molar-refractivity contribution >= 4 is 5.71 Å². The number of hydrogen-bond acceptors (Lipinski definition) is 3. The van der Waals surface area contributed by atoms with Crippen LogP contribution in [-0.4, -0.2) is 24.4 Å². The molecule has 0 aromatic rings. The van der Waals surface area contributed by atoms with Crippen molar-refractivity contribution in [2.24, 2.45) is 5.16 Å². The SMILES string of the molecule is C#CC1=NOC2(CNC2)C1.c1cc2cc-2c1. The maximum Gasteiger partial charge on any atom is 0.168 e. The van der Waals surface area contributed by atoms with Gasteiger partial charge in [-0.2, -0.15) is 0 Å². The highest BCUT2D eigenvalue weighted by Crippen LogP contribution is 2.32. The minimum Gasteiger partial charge on any atom is -0.385 e. The molecular formula is C13H12N2O. The normalized spacial score (nSPS) is 20.8. The van der Waals surface area contributed by atoms with E-state index in [-0.39, 0.29) is 5.60 Å². The van der Waals surface area contributed by atoms with Crippen LogP contribution in [0.3, 0.4) is 0 Å². The van der Waals surface area contributed by atoms with E-state index in [1.165, 1.54) is 11.1 Å². The zero-order chi connectivity index (χ0) is 11.0. The number of nitrogens with one attached hydrogen (secondary N) is 1. The summed E-state index contributed by atoms with van der Waals surface area (Å²) >= 11 is 0. The molecule has 1 fully saturated rings. The van der Waals surface area contributed by atoms with Crippen molar-refractivity contribution in [3.8, 4) is 23.5 Å². The first kappa shape index (κ1) is 9.44. The van der Waals surface area contributed by atoms with E-state index in [4.69, 9.17) is 11.3 Å². The van der Waals surface area contributed by atoms with Crippen molar-refractivity contribution in [2.45, 2.75) is 12.0 Å². The van der Waals surface area contributed by atoms with Crippen LogP contribution in [0.1, 0.15) is 6.42 Å². The molecule has 0 unspecified atom stereocenters. The lowest BCUT2D eigenvalue weighted by Gasteiger charge is -2.35. The average Bonchev–Trinajstić information content (AvgIpc) is 2.74. The highest BCUT2D eigenvalue weighted by Gasteiger charge is 2.44. The third-order valence-corrected chi connectivity index (χ3v) is 3.01. The molecule has 3 nitrogen and oxygen atoms in total. The average molecular weight is 212 g/mol. The minimum atomic E-state index is -0.0678. The first-order valence-corrected chi connectivity index (χ1v) is 5.34. The Labute approximate surface area is 94.5 Å². The lowest BCUT2D eigenvalue weighted by Crippen LogP contribution is -2.59. The van der Waals surface area contributed by atoms with Crippen molar-refractivity contribution in [1.82, 2.24) is 5.32 Å². The first-order valence-electron chi connectivity index (χ1n) is 5.34. The van der Waals surface area contributed by atoms with Gasteiger partial charge in [0.2, 0.25) is 0 Å². The van der Waals surface area contributed by atoms with E-state index in [0.29, 0.717) is 0 Å². The van der Waals surface area contributed by atoms with Crippen LogP contribution < -0.4 is 5.32 Å². The molecule has 0 atom stereocenters. The summed E-state index contributed by atoms with van der Waals surface area (Å²) < 4.78 is 0. The topological polar surface area (TPSA) is 33.6 Å². The lowest BCUT2D eigenvalue weighted by atomic mass is 9.92. The quantitative estimate of drug-likeness (QED) is 0.670.